The van der Waals surface area contributed by atoms with E-state index < -0.39 is 5.60 Å². The van der Waals surface area contributed by atoms with Crippen LogP contribution in [0.5, 0.6) is 0 Å². The van der Waals surface area contributed by atoms with Crippen LogP contribution in [0, 0.1) is 12.8 Å². The van der Waals surface area contributed by atoms with Gasteiger partial charge in [-0.1, -0.05) is 54.1 Å². The number of likely N-dealkylation sites (N-methyl/N-ethyl adjacent to an activating group) is 1. The summed E-state index contributed by atoms with van der Waals surface area (Å²) in [5, 5.41) is 2.92. The van der Waals surface area contributed by atoms with Gasteiger partial charge in [0.05, 0.1) is 13.2 Å². The third kappa shape index (κ3) is 4.41. The average Bonchev–Trinajstić information content (AvgIpc) is 3.59. The molecule has 5 nitrogen and oxygen atoms in total. The number of carbonyl (C=O) groups excluding carboxylic acids is 2. The van der Waals surface area contributed by atoms with Crippen molar-refractivity contribution in [3.05, 3.63) is 59.7 Å². The van der Waals surface area contributed by atoms with E-state index >= 15 is 0 Å². The van der Waals surface area contributed by atoms with Crippen LogP contribution in [0.1, 0.15) is 30.9 Å². The molecule has 158 valence electrons. The van der Waals surface area contributed by atoms with Gasteiger partial charge in [0.15, 0.2) is 5.60 Å². The largest absolute Gasteiger partial charge is 0.361 e. The Morgan fingerprint density at radius 1 is 1.13 bits per heavy atom. The van der Waals surface area contributed by atoms with Gasteiger partial charge in [0.1, 0.15) is 0 Å². The van der Waals surface area contributed by atoms with E-state index in [0.717, 1.165) is 24.0 Å². The topological polar surface area (TPSA) is 58.6 Å². The molecule has 0 unspecified atom stereocenters. The smallest absolute Gasteiger partial charge is 0.254 e. The monoisotopic (exact) mass is 406 g/mol. The van der Waals surface area contributed by atoms with Crippen molar-refractivity contribution < 1.29 is 14.3 Å². The third-order valence-electron chi connectivity index (χ3n) is 5.97. The molecular weight excluding hydrogens is 376 g/mol. The van der Waals surface area contributed by atoms with E-state index in [4.69, 9.17) is 4.74 Å². The van der Waals surface area contributed by atoms with Gasteiger partial charge in [0.2, 0.25) is 5.91 Å². The normalized spacial score (nSPS) is 21.3. The number of hydrogen-bond donors (Lipinski definition) is 1. The molecule has 2 aromatic carbocycles. The molecule has 1 heterocycles. The lowest BCUT2D eigenvalue weighted by molar-refractivity contribution is -0.166. The lowest BCUT2D eigenvalue weighted by Crippen LogP contribution is -2.62. The van der Waals surface area contributed by atoms with Crippen molar-refractivity contribution in [1.29, 1.82) is 0 Å². The van der Waals surface area contributed by atoms with Gasteiger partial charge < -0.3 is 15.0 Å². The molecule has 1 saturated heterocycles. The van der Waals surface area contributed by atoms with Gasteiger partial charge in [0.25, 0.3) is 5.91 Å². The van der Waals surface area contributed by atoms with Crippen molar-refractivity contribution in [3.8, 4) is 11.1 Å². The fraction of sp³-hybridized carbons (Fsp3) is 0.440. The predicted molar refractivity (Wildman–Crippen MR) is 117 cm³/mol. The molecule has 0 spiro atoms. The Kier molecular flexibility index (Phi) is 5.91. The number of nitrogens with one attached hydrogen (secondary N) is 1. The van der Waals surface area contributed by atoms with Gasteiger partial charge >= 0.3 is 0 Å². The molecule has 30 heavy (non-hydrogen) atoms. The van der Waals surface area contributed by atoms with Crippen LogP contribution >= 0.6 is 0 Å². The predicted octanol–water partition coefficient (Wildman–Crippen LogP) is 3.35. The molecular formula is C25H30N2O3. The van der Waals surface area contributed by atoms with Crippen LogP contribution in [-0.2, 0) is 20.7 Å². The van der Waals surface area contributed by atoms with Crippen LogP contribution < -0.4 is 5.32 Å². The number of benzene rings is 2. The second kappa shape index (κ2) is 8.60. The molecule has 0 radical (unpaired) electrons. The Morgan fingerprint density at radius 3 is 2.57 bits per heavy atom. The van der Waals surface area contributed by atoms with E-state index in [2.05, 4.69) is 60.8 Å². The van der Waals surface area contributed by atoms with Crippen molar-refractivity contribution in [2.75, 3.05) is 26.2 Å². The summed E-state index contributed by atoms with van der Waals surface area (Å²) in [5.41, 5.74) is 3.53. The number of carbonyl (C=O) groups is 2. The molecule has 1 atom stereocenters. The van der Waals surface area contributed by atoms with Crippen LogP contribution in [0.2, 0.25) is 0 Å². The zero-order chi connectivity index (χ0) is 21.1. The summed E-state index contributed by atoms with van der Waals surface area (Å²) in [7, 11) is 0. The van der Waals surface area contributed by atoms with Crippen LogP contribution in [0.4, 0.5) is 0 Å². The van der Waals surface area contributed by atoms with Crippen molar-refractivity contribution in [1.82, 2.24) is 10.2 Å². The standard InChI is InChI=1S/C25H30N2O3/c1-3-26-24(29)25(17-27(13-14-30-25)23(28)21-11-12-21)16-19-7-9-20(10-8-19)22-6-4-5-18(2)15-22/h4-10,15,21H,3,11-14,16-17H2,1-2H3,(H,26,29)/t25-/m0/s1. The molecule has 2 aromatic rings. The van der Waals surface area contributed by atoms with E-state index in [0.29, 0.717) is 32.7 Å². The van der Waals surface area contributed by atoms with E-state index in [1.54, 1.807) is 0 Å². The van der Waals surface area contributed by atoms with Crippen molar-refractivity contribution >= 4 is 11.8 Å². The molecule has 2 aliphatic rings. The second-order valence-electron chi connectivity index (χ2n) is 8.48. The number of amides is 2. The fourth-order valence-corrected chi connectivity index (χ4v) is 4.18. The fourth-order valence-electron chi connectivity index (χ4n) is 4.18. The van der Waals surface area contributed by atoms with Crippen LogP contribution in [0.3, 0.4) is 0 Å². The summed E-state index contributed by atoms with van der Waals surface area (Å²) in [4.78, 5) is 27.5. The molecule has 1 saturated carbocycles. The van der Waals surface area contributed by atoms with Crippen LogP contribution in [0.25, 0.3) is 11.1 Å². The third-order valence-corrected chi connectivity index (χ3v) is 5.97. The number of hydrogen-bond acceptors (Lipinski definition) is 3. The summed E-state index contributed by atoms with van der Waals surface area (Å²) < 4.78 is 6.09. The molecule has 0 aromatic heterocycles. The zero-order valence-electron chi connectivity index (χ0n) is 17.8. The molecule has 0 bridgehead atoms. The van der Waals surface area contributed by atoms with E-state index in [1.165, 1.54) is 11.1 Å². The lowest BCUT2D eigenvalue weighted by atomic mass is 9.90. The van der Waals surface area contributed by atoms with Gasteiger partial charge in [-0.15, -0.1) is 0 Å². The van der Waals surface area contributed by atoms with E-state index in [-0.39, 0.29) is 17.7 Å². The minimum atomic E-state index is -1.04. The second-order valence-corrected chi connectivity index (χ2v) is 8.48. The first-order valence-electron chi connectivity index (χ1n) is 10.9. The van der Waals surface area contributed by atoms with Gasteiger partial charge in [-0.2, -0.15) is 0 Å². The zero-order valence-corrected chi connectivity index (χ0v) is 17.8. The Balaban J connectivity index is 1.55. The maximum Gasteiger partial charge on any atom is 0.254 e. The van der Waals surface area contributed by atoms with Gasteiger partial charge in [-0.3, -0.25) is 9.59 Å². The maximum absolute atomic E-state index is 13.0. The Morgan fingerprint density at radius 2 is 1.90 bits per heavy atom. The summed E-state index contributed by atoms with van der Waals surface area (Å²) >= 11 is 0. The first-order chi connectivity index (χ1) is 14.5. The first-order valence-corrected chi connectivity index (χ1v) is 10.9. The molecule has 1 aliphatic carbocycles. The SMILES string of the molecule is CCNC(=O)[C@]1(Cc2ccc(-c3cccc(C)c3)cc2)CN(C(=O)C2CC2)CCO1. The number of morpholine rings is 1. The number of ether oxygens (including phenoxy) is 1. The van der Waals surface area contributed by atoms with E-state index in [9.17, 15) is 9.59 Å². The Labute approximate surface area is 178 Å². The van der Waals surface area contributed by atoms with Crippen molar-refractivity contribution in [2.24, 2.45) is 5.92 Å². The summed E-state index contributed by atoms with van der Waals surface area (Å²) in [6, 6.07) is 16.7. The first kappa shape index (κ1) is 20.6. The Hall–Kier alpha value is -2.66. The summed E-state index contributed by atoms with van der Waals surface area (Å²) in [6.45, 7) is 5.78. The highest BCUT2D eigenvalue weighted by Crippen LogP contribution is 2.33. The molecule has 1 N–H and O–H groups in total. The minimum Gasteiger partial charge on any atom is -0.361 e. The lowest BCUT2D eigenvalue weighted by Gasteiger charge is -2.41. The van der Waals surface area contributed by atoms with Gasteiger partial charge in [-0.05, 0) is 43.4 Å². The molecule has 4 rings (SSSR count). The quantitative estimate of drug-likeness (QED) is 0.800. The van der Waals surface area contributed by atoms with E-state index in [1.807, 2.05) is 11.8 Å². The highest BCUT2D eigenvalue weighted by molar-refractivity contribution is 5.88. The summed E-state index contributed by atoms with van der Waals surface area (Å²) in [6.07, 6.45) is 2.37. The number of rotatable bonds is 6. The highest BCUT2D eigenvalue weighted by Gasteiger charge is 2.46. The molecule has 5 heteroatoms. The highest BCUT2D eigenvalue weighted by atomic mass is 16.5. The number of aryl methyl sites for hydroxylation is 1. The summed E-state index contributed by atoms with van der Waals surface area (Å²) in [5.74, 6) is 0.173. The van der Waals surface area contributed by atoms with Crippen molar-refractivity contribution in [3.63, 3.8) is 0 Å². The maximum atomic E-state index is 13.0. The average molecular weight is 407 g/mol. The van der Waals surface area contributed by atoms with Gasteiger partial charge in [-0.25, -0.2) is 0 Å². The number of nitrogens with zero attached hydrogens (tertiary/aromatic N) is 1. The van der Waals surface area contributed by atoms with Crippen LogP contribution in [0.15, 0.2) is 48.5 Å². The van der Waals surface area contributed by atoms with Gasteiger partial charge in [0, 0.05) is 25.4 Å². The molecule has 1 aliphatic heterocycles. The van der Waals surface area contributed by atoms with Crippen molar-refractivity contribution in [2.45, 2.75) is 38.7 Å². The minimum absolute atomic E-state index is 0.138. The van der Waals surface area contributed by atoms with Crippen LogP contribution in [-0.4, -0.2) is 48.6 Å². The molecule has 2 amide bonds. The Bertz CT molecular complexity index is 920. The molecule has 2 fully saturated rings.